The molecule has 0 aromatic heterocycles. The summed E-state index contributed by atoms with van der Waals surface area (Å²) >= 11 is 0. The molecule has 1 fully saturated rings. The minimum absolute atomic E-state index is 0.0644. The molecular weight excluding hydrogens is 292 g/mol. The summed E-state index contributed by atoms with van der Waals surface area (Å²) in [5.41, 5.74) is -0.101. The van der Waals surface area contributed by atoms with Gasteiger partial charge in [-0.25, -0.2) is 13.1 Å². The number of sulfonamides is 1. The van der Waals surface area contributed by atoms with Crippen LogP contribution in [0.2, 0.25) is 0 Å². The molecule has 1 saturated carbocycles. The number of carbonyl (C=O) groups is 1. The van der Waals surface area contributed by atoms with Crippen LogP contribution in [0.5, 0.6) is 0 Å². The Morgan fingerprint density at radius 1 is 1.38 bits per heavy atom. The van der Waals surface area contributed by atoms with Crippen molar-refractivity contribution in [3.8, 4) is 6.07 Å². The molecule has 0 unspecified atom stereocenters. The second-order valence-corrected chi connectivity index (χ2v) is 7.10. The van der Waals surface area contributed by atoms with Gasteiger partial charge in [0.1, 0.15) is 6.04 Å². The average Bonchev–Trinajstić information content (AvgIpc) is 3.18. The molecule has 1 atom stereocenters. The fourth-order valence-corrected chi connectivity index (χ4v) is 3.87. The van der Waals surface area contributed by atoms with E-state index in [9.17, 15) is 18.3 Å². The van der Waals surface area contributed by atoms with E-state index in [1.54, 1.807) is 30.3 Å². The Kier molecular flexibility index (Phi) is 4.30. The zero-order valence-electron chi connectivity index (χ0n) is 11.3. The maximum Gasteiger partial charge on any atom is 0.322 e. The molecule has 1 aliphatic carbocycles. The zero-order chi connectivity index (χ0) is 15.5. The van der Waals surface area contributed by atoms with Crippen LogP contribution >= 0.6 is 0 Å². The van der Waals surface area contributed by atoms with E-state index < -0.39 is 27.4 Å². The Bertz CT molecular complexity index is 660. The fraction of sp³-hybridized carbons (Fsp3) is 0.429. The summed E-state index contributed by atoms with van der Waals surface area (Å²) in [6, 6.07) is 9.56. The number of hydrogen-bond acceptors (Lipinski definition) is 4. The molecule has 112 valence electrons. The zero-order valence-corrected chi connectivity index (χ0v) is 12.1. The second-order valence-electron chi connectivity index (χ2n) is 5.35. The smallest absolute Gasteiger partial charge is 0.322 e. The summed E-state index contributed by atoms with van der Waals surface area (Å²) in [7, 11) is -3.81. The number of nitrogens with zero attached hydrogens (tertiary/aromatic N) is 1. The van der Waals surface area contributed by atoms with Gasteiger partial charge in [-0.2, -0.15) is 5.26 Å². The number of nitrogens with one attached hydrogen (secondary N) is 1. The van der Waals surface area contributed by atoms with Gasteiger partial charge in [-0.15, -0.1) is 0 Å². The van der Waals surface area contributed by atoms with E-state index in [4.69, 9.17) is 5.26 Å². The SMILES string of the molecule is N#CC1(CS(=O)(=O)N[C@H](Cc2ccccc2)C(=O)O)CC1. The lowest BCUT2D eigenvalue weighted by Gasteiger charge is -2.16. The predicted molar refractivity (Wildman–Crippen MR) is 75.8 cm³/mol. The van der Waals surface area contributed by atoms with Gasteiger partial charge in [0.25, 0.3) is 0 Å². The number of aliphatic carboxylic acids is 1. The number of nitriles is 1. The van der Waals surface area contributed by atoms with Crippen LogP contribution < -0.4 is 4.72 Å². The molecule has 0 saturated heterocycles. The third kappa shape index (κ3) is 4.28. The van der Waals surface area contributed by atoms with Gasteiger partial charge in [-0.1, -0.05) is 30.3 Å². The third-order valence-corrected chi connectivity index (χ3v) is 5.04. The van der Waals surface area contributed by atoms with Crippen LogP contribution in [-0.2, 0) is 21.2 Å². The monoisotopic (exact) mass is 308 g/mol. The number of benzene rings is 1. The molecule has 0 aliphatic heterocycles. The Balaban J connectivity index is 2.06. The van der Waals surface area contributed by atoms with Gasteiger partial charge in [0, 0.05) is 0 Å². The fourth-order valence-electron chi connectivity index (χ4n) is 2.09. The first-order chi connectivity index (χ1) is 9.86. The van der Waals surface area contributed by atoms with E-state index in [0.717, 1.165) is 5.56 Å². The normalized spacial score (nSPS) is 17.7. The Hall–Kier alpha value is -1.91. The van der Waals surface area contributed by atoms with Crippen LogP contribution in [-0.4, -0.2) is 31.3 Å². The molecule has 2 rings (SSSR count). The molecule has 0 heterocycles. The molecule has 0 amide bonds. The van der Waals surface area contributed by atoms with Crippen molar-refractivity contribution in [2.75, 3.05) is 5.75 Å². The molecule has 7 heteroatoms. The summed E-state index contributed by atoms with van der Waals surface area (Å²) < 4.78 is 26.2. The lowest BCUT2D eigenvalue weighted by Crippen LogP contribution is -2.44. The molecule has 1 aliphatic rings. The maximum absolute atomic E-state index is 12.0. The van der Waals surface area contributed by atoms with Crippen molar-refractivity contribution >= 4 is 16.0 Å². The van der Waals surface area contributed by atoms with Gasteiger partial charge in [-0.05, 0) is 24.8 Å². The number of carboxylic acids is 1. The highest BCUT2D eigenvalue weighted by molar-refractivity contribution is 7.89. The van der Waals surface area contributed by atoms with Crippen molar-refractivity contribution in [1.82, 2.24) is 4.72 Å². The minimum Gasteiger partial charge on any atom is -0.480 e. The van der Waals surface area contributed by atoms with Crippen LogP contribution in [0.25, 0.3) is 0 Å². The Morgan fingerprint density at radius 2 is 2.00 bits per heavy atom. The predicted octanol–water partition coefficient (Wildman–Crippen LogP) is 0.905. The first kappa shape index (κ1) is 15.5. The van der Waals surface area contributed by atoms with E-state index >= 15 is 0 Å². The molecule has 0 spiro atoms. The quantitative estimate of drug-likeness (QED) is 0.778. The molecular formula is C14H16N2O4S. The van der Waals surface area contributed by atoms with Crippen LogP contribution in [0.1, 0.15) is 18.4 Å². The molecule has 0 bridgehead atoms. The highest BCUT2D eigenvalue weighted by atomic mass is 32.2. The van der Waals surface area contributed by atoms with Gasteiger partial charge < -0.3 is 5.11 Å². The minimum atomic E-state index is -3.81. The van der Waals surface area contributed by atoms with Crippen molar-refractivity contribution in [3.63, 3.8) is 0 Å². The molecule has 6 nitrogen and oxygen atoms in total. The summed E-state index contributed by atoms with van der Waals surface area (Å²) in [6.07, 6.45) is 1.15. The Labute approximate surface area is 123 Å². The molecule has 1 aromatic rings. The van der Waals surface area contributed by atoms with E-state index in [1.165, 1.54) is 0 Å². The lowest BCUT2D eigenvalue weighted by atomic mass is 10.1. The van der Waals surface area contributed by atoms with Gasteiger partial charge in [0.15, 0.2) is 0 Å². The van der Waals surface area contributed by atoms with Crippen molar-refractivity contribution in [2.45, 2.75) is 25.3 Å². The van der Waals surface area contributed by atoms with Crippen LogP contribution in [0, 0.1) is 16.7 Å². The molecule has 2 N–H and O–H groups in total. The molecule has 21 heavy (non-hydrogen) atoms. The van der Waals surface area contributed by atoms with Crippen molar-refractivity contribution in [1.29, 1.82) is 5.26 Å². The molecule has 0 radical (unpaired) electrons. The Morgan fingerprint density at radius 3 is 2.48 bits per heavy atom. The van der Waals surface area contributed by atoms with Crippen LogP contribution in [0.15, 0.2) is 30.3 Å². The molecule has 1 aromatic carbocycles. The van der Waals surface area contributed by atoms with E-state index in [0.29, 0.717) is 12.8 Å². The van der Waals surface area contributed by atoms with Gasteiger partial charge >= 0.3 is 5.97 Å². The van der Waals surface area contributed by atoms with Crippen molar-refractivity contribution in [3.05, 3.63) is 35.9 Å². The third-order valence-electron chi connectivity index (χ3n) is 3.46. The van der Waals surface area contributed by atoms with Crippen LogP contribution in [0.3, 0.4) is 0 Å². The highest BCUT2D eigenvalue weighted by Crippen LogP contribution is 2.45. The van der Waals surface area contributed by atoms with Gasteiger partial charge in [0.05, 0.1) is 17.2 Å². The first-order valence-corrected chi connectivity index (χ1v) is 8.19. The van der Waals surface area contributed by atoms with E-state index in [-0.39, 0.29) is 12.2 Å². The van der Waals surface area contributed by atoms with Crippen molar-refractivity contribution in [2.24, 2.45) is 5.41 Å². The topological polar surface area (TPSA) is 107 Å². The maximum atomic E-state index is 12.0. The van der Waals surface area contributed by atoms with Gasteiger partial charge in [0.2, 0.25) is 10.0 Å². The first-order valence-electron chi connectivity index (χ1n) is 6.54. The largest absolute Gasteiger partial charge is 0.480 e. The number of rotatable bonds is 7. The number of carboxylic acid groups (broad SMARTS) is 1. The second kappa shape index (κ2) is 5.84. The highest BCUT2D eigenvalue weighted by Gasteiger charge is 2.47. The lowest BCUT2D eigenvalue weighted by molar-refractivity contribution is -0.138. The standard InChI is InChI=1S/C14H16N2O4S/c15-9-14(6-7-14)10-21(19,20)16-12(13(17)18)8-11-4-2-1-3-5-11/h1-5,12,16H,6-8,10H2,(H,17,18)/t12-/m1/s1. The van der Waals surface area contributed by atoms with E-state index in [2.05, 4.69) is 4.72 Å². The van der Waals surface area contributed by atoms with Crippen LogP contribution in [0.4, 0.5) is 0 Å². The average molecular weight is 308 g/mol. The van der Waals surface area contributed by atoms with Crippen molar-refractivity contribution < 1.29 is 18.3 Å². The number of hydrogen-bond donors (Lipinski definition) is 2. The summed E-state index contributed by atoms with van der Waals surface area (Å²) in [6.45, 7) is 0. The summed E-state index contributed by atoms with van der Waals surface area (Å²) in [5, 5.41) is 18.1. The summed E-state index contributed by atoms with van der Waals surface area (Å²) in [5.74, 6) is -1.57. The van der Waals surface area contributed by atoms with E-state index in [1.807, 2.05) is 6.07 Å². The summed E-state index contributed by atoms with van der Waals surface area (Å²) in [4.78, 5) is 11.2. The van der Waals surface area contributed by atoms with Gasteiger partial charge in [-0.3, -0.25) is 4.79 Å².